The molecule has 0 spiro atoms. The summed E-state index contributed by atoms with van der Waals surface area (Å²) in [6.45, 7) is 1.75. The van der Waals surface area contributed by atoms with Crippen LogP contribution in [0.25, 0.3) is 11.0 Å². The smallest absolute Gasteiger partial charge is 0.348 e. The van der Waals surface area contributed by atoms with Gasteiger partial charge >= 0.3 is 11.6 Å². The molecular weight excluding hydrogens is 359 g/mol. The van der Waals surface area contributed by atoms with Gasteiger partial charge in [0, 0.05) is 22.0 Å². The van der Waals surface area contributed by atoms with Crippen molar-refractivity contribution in [1.29, 1.82) is 0 Å². The second-order valence-electron chi connectivity index (χ2n) is 4.87. The highest BCUT2D eigenvalue weighted by molar-refractivity contribution is 7.17. The first kappa shape index (κ1) is 16.1. The number of ether oxygens (including phenoxy) is 1. The fourth-order valence-electron chi connectivity index (χ4n) is 2.11. The number of hydrogen-bond acceptors (Lipinski definition) is 5. The summed E-state index contributed by atoms with van der Waals surface area (Å²) >= 11 is 13.0. The van der Waals surface area contributed by atoms with Crippen LogP contribution in [0.4, 0.5) is 0 Å². The van der Waals surface area contributed by atoms with Crippen LogP contribution >= 0.6 is 34.5 Å². The molecule has 4 nitrogen and oxygen atoms in total. The standard InChI is InChI=1S/C16H10Cl2O4S/c1-8-4-12-10(6-11(8)17)9(5-15(19)22-12)7-21-16(20)13-2-3-14(18)23-13/h2-6H,7H2,1H3. The number of halogens is 2. The van der Waals surface area contributed by atoms with Crippen molar-refractivity contribution in [2.24, 2.45) is 0 Å². The molecule has 23 heavy (non-hydrogen) atoms. The van der Waals surface area contributed by atoms with Crippen molar-refractivity contribution < 1.29 is 13.9 Å². The van der Waals surface area contributed by atoms with Crippen molar-refractivity contribution in [3.63, 3.8) is 0 Å². The van der Waals surface area contributed by atoms with Crippen LogP contribution in [0.15, 0.2) is 39.5 Å². The molecule has 0 unspecified atom stereocenters. The molecule has 2 heterocycles. The Kier molecular flexibility index (Phi) is 4.43. The summed E-state index contributed by atoms with van der Waals surface area (Å²) in [5, 5.41) is 1.18. The molecule has 0 N–H and O–H groups in total. The highest BCUT2D eigenvalue weighted by atomic mass is 35.5. The Bertz CT molecular complexity index is 958. The molecule has 2 aromatic heterocycles. The van der Waals surface area contributed by atoms with Crippen LogP contribution in [0.2, 0.25) is 9.36 Å². The van der Waals surface area contributed by atoms with Gasteiger partial charge in [-0.3, -0.25) is 0 Å². The van der Waals surface area contributed by atoms with Crippen LogP contribution in [-0.2, 0) is 11.3 Å². The van der Waals surface area contributed by atoms with Gasteiger partial charge in [0.15, 0.2) is 0 Å². The molecule has 7 heteroatoms. The minimum Gasteiger partial charge on any atom is -0.457 e. The van der Waals surface area contributed by atoms with Gasteiger partial charge in [-0.1, -0.05) is 23.2 Å². The largest absolute Gasteiger partial charge is 0.457 e. The number of hydrogen-bond donors (Lipinski definition) is 0. The summed E-state index contributed by atoms with van der Waals surface area (Å²) in [5.41, 5.74) is 1.23. The summed E-state index contributed by atoms with van der Waals surface area (Å²) in [5.74, 6) is -0.499. The van der Waals surface area contributed by atoms with E-state index >= 15 is 0 Å². The van der Waals surface area contributed by atoms with E-state index in [-0.39, 0.29) is 6.61 Å². The number of thiophene rings is 1. The van der Waals surface area contributed by atoms with Crippen molar-refractivity contribution in [3.8, 4) is 0 Å². The lowest BCUT2D eigenvalue weighted by Crippen LogP contribution is -2.07. The molecule has 0 radical (unpaired) electrons. The molecule has 0 amide bonds. The average molecular weight is 369 g/mol. The Labute approximate surface area is 145 Å². The minimum absolute atomic E-state index is 0.0597. The van der Waals surface area contributed by atoms with Crippen LogP contribution < -0.4 is 5.63 Å². The molecule has 3 rings (SSSR count). The summed E-state index contributed by atoms with van der Waals surface area (Å²) in [6.07, 6.45) is 0. The van der Waals surface area contributed by atoms with Crippen LogP contribution in [0.5, 0.6) is 0 Å². The van der Waals surface area contributed by atoms with Crippen molar-refractivity contribution in [2.75, 3.05) is 0 Å². The van der Waals surface area contributed by atoms with E-state index in [1.807, 2.05) is 6.92 Å². The molecule has 118 valence electrons. The first-order chi connectivity index (χ1) is 10.9. The van der Waals surface area contributed by atoms with E-state index in [0.717, 1.165) is 16.9 Å². The highest BCUT2D eigenvalue weighted by Crippen LogP contribution is 2.26. The van der Waals surface area contributed by atoms with Gasteiger partial charge in [0.1, 0.15) is 17.1 Å². The SMILES string of the molecule is Cc1cc2oc(=O)cc(COC(=O)c3ccc(Cl)s3)c2cc1Cl. The number of carbonyl (C=O) groups is 1. The predicted octanol–water partition coefficient (Wildman–Crippen LogP) is 4.83. The number of fused-ring (bicyclic) bond motifs is 1. The van der Waals surface area contributed by atoms with E-state index in [9.17, 15) is 9.59 Å². The maximum absolute atomic E-state index is 12.0. The molecule has 0 aliphatic rings. The Balaban J connectivity index is 1.92. The first-order valence-electron chi connectivity index (χ1n) is 6.59. The van der Waals surface area contributed by atoms with Crippen LogP contribution in [0, 0.1) is 6.92 Å². The molecular formula is C16H10Cl2O4S. The van der Waals surface area contributed by atoms with E-state index in [4.69, 9.17) is 32.4 Å². The molecule has 0 aliphatic carbocycles. The summed E-state index contributed by atoms with van der Waals surface area (Å²) in [7, 11) is 0. The highest BCUT2D eigenvalue weighted by Gasteiger charge is 2.13. The molecule has 0 saturated carbocycles. The van der Waals surface area contributed by atoms with Gasteiger partial charge in [0.05, 0.1) is 4.34 Å². The maximum atomic E-state index is 12.0. The van der Waals surface area contributed by atoms with Crippen LogP contribution in [-0.4, -0.2) is 5.97 Å². The van der Waals surface area contributed by atoms with Gasteiger partial charge in [-0.15, -0.1) is 11.3 Å². The average Bonchev–Trinajstić information content (AvgIpc) is 2.93. The zero-order valence-corrected chi connectivity index (χ0v) is 14.2. The fourth-order valence-corrected chi connectivity index (χ4v) is 3.21. The molecule has 0 fully saturated rings. The quantitative estimate of drug-likeness (QED) is 0.490. The molecule has 0 bridgehead atoms. The zero-order chi connectivity index (χ0) is 16.6. The lowest BCUT2D eigenvalue weighted by atomic mass is 10.1. The Hall–Kier alpha value is -1.82. The zero-order valence-electron chi connectivity index (χ0n) is 11.9. The maximum Gasteiger partial charge on any atom is 0.348 e. The normalized spacial score (nSPS) is 10.9. The summed E-state index contributed by atoms with van der Waals surface area (Å²) < 4.78 is 10.9. The first-order valence-corrected chi connectivity index (χ1v) is 8.16. The number of benzene rings is 1. The monoisotopic (exact) mass is 368 g/mol. The third-order valence-corrected chi connectivity index (χ3v) is 4.86. The summed E-state index contributed by atoms with van der Waals surface area (Å²) in [4.78, 5) is 24.0. The summed E-state index contributed by atoms with van der Waals surface area (Å²) in [6, 6.07) is 7.89. The van der Waals surface area contributed by atoms with Crippen molar-refractivity contribution >= 4 is 51.5 Å². The predicted molar refractivity (Wildman–Crippen MR) is 90.7 cm³/mol. The van der Waals surface area contributed by atoms with E-state index in [1.165, 1.54) is 6.07 Å². The van der Waals surface area contributed by atoms with Crippen molar-refractivity contribution in [2.45, 2.75) is 13.5 Å². The number of esters is 1. The molecule has 1 aromatic carbocycles. The lowest BCUT2D eigenvalue weighted by molar-refractivity contribution is 0.0479. The van der Waals surface area contributed by atoms with E-state index in [1.54, 1.807) is 24.3 Å². The van der Waals surface area contributed by atoms with Gasteiger partial charge < -0.3 is 9.15 Å². The molecule has 0 saturated heterocycles. The molecule has 0 atom stereocenters. The number of rotatable bonds is 3. The topological polar surface area (TPSA) is 56.5 Å². The number of aryl methyl sites for hydroxylation is 1. The van der Waals surface area contributed by atoms with E-state index in [0.29, 0.717) is 30.8 Å². The van der Waals surface area contributed by atoms with Gasteiger partial charge in [0.25, 0.3) is 0 Å². The van der Waals surface area contributed by atoms with Crippen molar-refractivity contribution in [1.82, 2.24) is 0 Å². The van der Waals surface area contributed by atoms with Gasteiger partial charge in [0.2, 0.25) is 0 Å². The Morgan fingerprint density at radius 1 is 1.26 bits per heavy atom. The minimum atomic E-state index is -0.510. The second-order valence-corrected chi connectivity index (χ2v) is 6.99. The van der Waals surface area contributed by atoms with E-state index in [2.05, 4.69) is 0 Å². The second kappa shape index (κ2) is 6.35. The van der Waals surface area contributed by atoms with Gasteiger partial charge in [-0.25, -0.2) is 9.59 Å². The van der Waals surface area contributed by atoms with Crippen LogP contribution in [0.1, 0.15) is 20.8 Å². The third-order valence-electron chi connectivity index (χ3n) is 3.24. The van der Waals surface area contributed by atoms with Crippen LogP contribution in [0.3, 0.4) is 0 Å². The third kappa shape index (κ3) is 3.42. The Morgan fingerprint density at radius 2 is 2.04 bits per heavy atom. The Morgan fingerprint density at radius 3 is 2.74 bits per heavy atom. The van der Waals surface area contributed by atoms with E-state index < -0.39 is 11.6 Å². The lowest BCUT2D eigenvalue weighted by Gasteiger charge is -2.08. The number of carbonyl (C=O) groups excluding carboxylic acids is 1. The molecule has 0 aliphatic heterocycles. The van der Waals surface area contributed by atoms with Gasteiger partial charge in [-0.05, 0) is 36.8 Å². The molecule has 3 aromatic rings. The van der Waals surface area contributed by atoms with Gasteiger partial charge in [-0.2, -0.15) is 0 Å². The van der Waals surface area contributed by atoms with Crippen molar-refractivity contribution in [3.05, 3.63) is 66.1 Å². The fraction of sp³-hybridized carbons (Fsp3) is 0.125.